The van der Waals surface area contributed by atoms with E-state index < -0.39 is 11.9 Å². The van der Waals surface area contributed by atoms with Crippen molar-refractivity contribution in [2.75, 3.05) is 0 Å². The summed E-state index contributed by atoms with van der Waals surface area (Å²) >= 11 is 0. The fourth-order valence-corrected chi connectivity index (χ4v) is 4.47. The third kappa shape index (κ3) is 5.45. The molecule has 32 heavy (non-hydrogen) atoms. The summed E-state index contributed by atoms with van der Waals surface area (Å²) in [4.78, 5) is 29.4. The molecule has 1 N–H and O–H groups in total. The highest BCUT2D eigenvalue weighted by atomic mass is 16.4. The molecule has 170 valence electrons. The topological polar surface area (TPSA) is 72.2 Å². The van der Waals surface area contributed by atoms with Gasteiger partial charge in [0.05, 0.1) is 17.0 Å². The summed E-state index contributed by atoms with van der Waals surface area (Å²) in [5, 5.41) is 9.52. The van der Waals surface area contributed by atoms with Gasteiger partial charge in [0.15, 0.2) is 5.78 Å². The van der Waals surface area contributed by atoms with Crippen molar-refractivity contribution >= 4 is 22.8 Å². The maximum absolute atomic E-state index is 12.9. The molecule has 0 fully saturated rings. The summed E-state index contributed by atoms with van der Waals surface area (Å²) in [5.41, 5.74) is 3.56. The Morgan fingerprint density at radius 3 is 2.31 bits per heavy atom. The summed E-state index contributed by atoms with van der Waals surface area (Å²) in [6.45, 7) is 8.33. The van der Waals surface area contributed by atoms with Crippen LogP contribution in [0.15, 0.2) is 48.5 Å². The van der Waals surface area contributed by atoms with E-state index in [0.29, 0.717) is 18.0 Å². The molecule has 3 rings (SSSR count). The minimum atomic E-state index is -0.906. The predicted molar refractivity (Wildman–Crippen MR) is 128 cm³/mol. The number of benzene rings is 2. The number of nitrogens with zero attached hydrogens (tertiary/aromatic N) is 2. The zero-order valence-corrected chi connectivity index (χ0v) is 19.5. The van der Waals surface area contributed by atoms with Crippen molar-refractivity contribution in [3.63, 3.8) is 0 Å². The molecule has 0 aliphatic carbocycles. The van der Waals surface area contributed by atoms with Gasteiger partial charge in [0.25, 0.3) is 0 Å². The smallest absolute Gasteiger partial charge is 0.306 e. The van der Waals surface area contributed by atoms with E-state index in [2.05, 4.69) is 30.5 Å². The van der Waals surface area contributed by atoms with Crippen LogP contribution in [0.3, 0.4) is 0 Å². The highest BCUT2D eigenvalue weighted by Crippen LogP contribution is 2.28. The van der Waals surface area contributed by atoms with Gasteiger partial charge in [-0.25, -0.2) is 4.98 Å². The van der Waals surface area contributed by atoms with Crippen LogP contribution >= 0.6 is 0 Å². The molecule has 0 unspecified atom stereocenters. The minimum absolute atomic E-state index is 0.0170. The van der Waals surface area contributed by atoms with Crippen LogP contribution in [0.1, 0.15) is 81.2 Å². The van der Waals surface area contributed by atoms with E-state index in [1.54, 1.807) is 0 Å². The number of hydrogen-bond acceptors (Lipinski definition) is 3. The minimum Gasteiger partial charge on any atom is -0.481 e. The van der Waals surface area contributed by atoms with Gasteiger partial charge in [0, 0.05) is 24.4 Å². The van der Waals surface area contributed by atoms with Crippen LogP contribution in [0.5, 0.6) is 0 Å². The second kappa shape index (κ2) is 10.6. The average molecular weight is 435 g/mol. The molecule has 1 heterocycles. The fraction of sp³-hybridized carbons (Fsp3) is 0.444. The number of aromatic nitrogens is 2. The van der Waals surface area contributed by atoms with Gasteiger partial charge in [-0.1, -0.05) is 58.0 Å². The van der Waals surface area contributed by atoms with Crippen molar-refractivity contribution in [1.82, 2.24) is 9.55 Å². The van der Waals surface area contributed by atoms with Gasteiger partial charge in [0.1, 0.15) is 5.82 Å². The van der Waals surface area contributed by atoms with Gasteiger partial charge in [-0.2, -0.15) is 0 Å². The highest BCUT2D eigenvalue weighted by molar-refractivity contribution is 6.00. The number of Topliss-reactive ketones (excluding diaryl/α,β-unsaturated/α-hetero) is 1. The quantitative estimate of drug-likeness (QED) is 0.359. The van der Waals surface area contributed by atoms with Crippen LogP contribution < -0.4 is 0 Å². The van der Waals surface area contributed by atoms with Crippen LogP contribution in [0.2, 0.25) is 0 Å². The van der Waals surface area contributed by atoms with E-state index in [1.807, 2.05) is 50.2 Å². The molecule has 0 bridgehead atoms. The first-order valence-corrected chi connectivity index (χ1v) is 11.6. The van der Waals surface area contributed by atoms with E-state index in [4.69, 9.17) is 4.98 Å². The summed E-state index contributed by atoms with van der Waals surface area (Å²) in [7, 11) is 0. The first-order chi connectivity index (χ1) is 15.3. The molecule has 0 aliphatic rings. The molecular weight excluding hydrogens is 400 g/mol. The van der Waals surface area contributed by atoms with Crippen molar-refractivity contribution < 1.29 is 14.7 Å². The van der Waals surface area contributed by atoms with Gasteiger partial charge in [-0.15, -0.1) is 0 Å². The Balaban J connectivity index is 1.97. The molecule has 5 nitrogen and oxygen atoms in total. The highest BCUT2D eigenvalue weighted by Gasteiger charge is 2.24. The fourth-order valence-electron chi connectivity index (χ4n) is 4.47. The number of carbonyl (C=O) groups is 2. The molecule has 2 aromatic carbocycles. The first kappa shape index (κ1) is 23.7. The molecule has 0 saturated heterocycles. The van der Waals surface area contributed by atoms with Gasteiger partial charge in [-0.3, -0.25) is 9.59 Å². The van der Waals surface area contributed by atoms with Gasteiger partial charge in [-0.05, 0) is 48.9 Å². The van der Waals surface area contributed by atoms with E-state index in [0.717, 1.165) is 36.1 Å². The number of rotatable bonds is 11. The summed E-state index contributed by atoms with van der Waals surface area (Å²) in [6.07, 6.45) is 3.24. The molecule has 1 aromatic heterocycles. The molecular formula is C27H34N2O3. The summed E-state index contributed by atoms with van der Waals surface area (Å²) in [5.74, 6) is -0.484. The number of carboxylic acids is 1. The van der Waals surface area contributed by atoms with Crippen LogP contribution in [0.25, 0.3) is 11.0 Å². The lowest BCUT2D eigenvalue weighted by atomic mass is 9.90. The number of fused-ring (bicyclic) bond motifs is 1. The second-order valence-corrected chi connectivity index (χ2v) is 9.03. The normalized spacial score (nSPS) is 12.6. The zero-order chi connectivity index (χ0) is 23.3. The number of imidazole rings is 1. The Morgan fingerprint density at radius 2 is 1.72 bits per heavy atom. The largest absolute Gasteiger partial charge is 0.481 e. The SMILES string of the molecule is CCC(CC)n1c(Cc2ccccc2)nc2cc(C(=O)C[C@@H](CC(C)C)C(=O)O)ccc21. The Morgan fingerprint density at radius 1 is 1.03 bits per heavy atom. The lowest BCUT2D eigenvalue weighted by Crippen LogP contribution is -2.20. The van der Waals surface area contributed by atoms with Crippen LogP contribution in [0.4, 0.5) is 0 Å². The molecule has 0 saturated carbocycles. The molecule has 3 aromatic rings. The van der Waals surface area contributed by atoms with Crippen molar-refractivity contribution in [3.05, 3.63) is 65.5 Å². The number of carboxylic acid groups (broad SMARTS) is 1. The Bertz CT molecular complexity index is 1070. The number of aliphatic carboxylic acids is 1. The predicted octanol–water partition coefficient (Wildman–Crippen LogP) is 6.31. The monoisotopic (exact) mass is 434 g/mol. The maximum atomic E-state index is 12.9. The molecule has 0 spiro atoms. The van der Waals surface area contributed by atoms with Crippen molar-refractivity contribution in [2.45, 2.75) is 65.8 Å². The van der Waals surface area contributed by atoms with Crippen molar-refractivity contribution in [2.24, 2.45) is 11.8 Å². The number of ketones is 1. The maximum Gasteiger partial charge on any atom is 0.306 e. The van der Waals surface area contributed by atoms with E-state index >= 15 is 0 Å². The lowest BCUT2D eigenvalue weighted by Gasteiger charge is -2.19. The Kier molecular flexibility index (Phi) is 7.84. The molecule has 5 heteroatoms. The van der Waals surface area contributed by atoms with Gasteiger partial charge < -0.3 is 9.67 Å². The average Bonchev–Trinajstić information content (AvgIpc) is 3.11. The summed E-state index contributed by atoms with van der Waals surface area (Å²) < 4.78 is 2.31. The van der Waals surface area contributed by atoms with Crippen LogP contribution in [-0.2, 0) is 11.2 Å². The molecule has 0 radical (unpaired) electrons. The molecule has 1 atom stereocenters. The zero-order valence-electron chi connectivity index (χ0n) is 19.5. The molecule has 0 aliphatic heterocycles. The summed E-state index contributed by atoms with van der Waals surface area (Å²) in [6, 6.07) is 16.3. The van der Waals surface area contributed by atoms with E-state index in [9.17, 15) is 14.7 Å². The first-order valence-electron chi connectivity index (χ1n) is 11.6. The van der Waals surface area contributed by atoms with Crippen LogP contribution in [-0.4, -0.2) is 26.4 Å². The van der Waals surface area contributed by atoms with Crippen molar-refractivity contribution in [3.8, 4) is 0 Å². The Hall–Kier alpha value is -2.95. The standard InChI is InChI=1S/C27H34N2O3/c1-5-22(6-2)29-24-13-12-20(25(30)17-21(27(31)32)14-18(3)4)16-23(24)28-26(29)15-19-10-8-7-9-11-19/h7-13,16,18,21-22H,5-6,14-15,17H2,1-4H3,(H,31,32)/t21-/m1/s1. The number of hydrogen-bond donors (Lipinski definition) is 1. The Labute approximate surface area is 190 Å². The third-order valence-corrected chi connectivity index (χ3v) is 6.13. The van der Waals surface area contributed by atoms with Crippen molar-refractivity contribution in [1.29, 1.82) is 0 Å². The van der Waals surface area contributed by atoms with Gasteiger partial charge in [0.2, 0.25) is 0 Å². The lowest BCUT2D eigenvalue weighted by molar-refractivity contribution is -0.142. The van der Waals surface area contributed by atoms with Crippen LogP contribution in [0, 0.1) is 11.8 Å². The molecule has 0 amide bonds. The second-order valence-electron chi connectivity index (χ2n) is 9.03. The third-order valence-electron chi connectivity index (χ3n) is 6.13. The number of carbonyl (C=O) groups excluding carboxylic acids is 1. The van der Waals surface area contributed by atoms with Gasteiger partial charge >= 0.3 is 5.97 Å². The van der Waals surface area contributed by atoms with E-state index in [1.165, 1.54) is 5.56 Å². The van der Waals surface area contributed by atoms with E-state index in [-0.39, 0.29) is 18.1 Å².